The van der Waals surface area contributed by atoms with Gasteiger partial charge >= 0.3 is 5.97 Å². The second-order valence-corrected chi connectivity index (χ2v) is 6.10. The van der Waals surface area contributed by atoms with Crippen molar-refractivity contribution in [2.45, 2.75) is 6.61 Å². The number of aliphatic hydroxyl groups is 1. The predicted octanol–water partition coefficient (Wildman–Crippen LogP) is 3.47. The van der Waals surface area contributed by atoms with Gasteiger partial charge in [0.2, 0.25) is 5.95 Å². The van der Waals surface area contributed by atoms with E-state index in [-0.39, 0.29) is 23.9 Å². The van der Waals surface area contributed by atoms with Crippen molar-refractivity contribution in [1.29, 1.82) is 0 Å². The molecule has 8 heteroatoms. The molecule has 0 amide bonds. The molecular formula is C20H15FN4O3. The zero-order valence-electron chi connectivity index (χ0n) is 14.5. The molecule has 0 atom stereocenters. The fourth-order valence-corrected chi connectivity index (χ4v) is 2.95. The van der Waals surface area contributed by atoms with Crippen LogP contribution in [0.25, 0.3) is 16.8 Å². The Morgan fingerprint density at radius 1 is 1.14 bits per heavy atom. The first-order valence-corrected chi connectivity index (χ1v) is 8.40. The van der Waals surface area contributed by atoms with Gasteiger partial charge in [0.15, 0.2) is 5.65 Å². The van der Waals surface area contributed by atoms with Crippen LogP contribution >= 0.6 is 0 Å². The van der Waals surface area contributed by atoms with Gasteiger partial charge in [0.25, 0.3) is 0 Å². The Morgan fingerprint density at radius 3 is 2.61 bits per heavy atom. The molecule has 0 fully saturated rings. The largest absolute Gasteiger partial charge is 0.478 e. The zero-order valence-corrected chi connectivity index (χ0v) is 14.5. The van der Waals surface area contributed by atoms with Crippen LogP contribution in [0.15, 0.2) is 60.8 Å². The maximum absolute atomic E-state index is 13.7. The number of hydrogen-bond acceptors (Lipinski definition) is 5. The van der Waals surface area contributed by atoms with Crippen molar-refractivity contribution < 1.29 is 19.4 Å². The minimum absolute atomic E-state index is 0.175. The molecule has 0 radical (unpaired) electrons. The molecule has 28 heavy (non-hydrogen) atoms. The third kappa shape index (κ3) is 3.28. The number of benzene rings is 2. The van der Waals surface area contributed by atoms with Crippen LogP contribution in [0.5, 0.6) is 0 Å². The van der Waals surface area contributed by atoms with Crippen molar-refractivity contribution in [3.8, 4) is 11.1 Å². The topological polar surface area (TPSA) is 99.8 Å². The van der Waals surface area contributed by atoms with E-state index < -0.39 is 5.97 Å². The van der Waals surface area contributed by atoms with E-state index in [1.165, 1.54) is 28.8 Å². The van der Waals surface area contributed by atoms with Crippen LogP contribution in [0.2, 0.25) is 0 Å². The number of aliphatic hydroxyl groups excluding tert-OH is 1. The fraction of sp³-hybridized carbons (Fsp3) is 0.0500. The molecular weight excluding hydrogens is 363 g/mol. The van der Waals surface area contributed by atoms with Crippen LogP contribution < -0.4 is 5.32 Å². The Labute approximate surface area is 158 Å². The number of hydrogen-bond donors (Lipinski definition) is 3. The van der Waals surface area contributed by atoms with Gasteiger partial charge < -0.3 is 15.5 Å². The third-order valence-electron chi connectivity index (χ3n) is 4.26. The van der Waals surface area contributed by atoms with Crippen molar-refractivity contribution >= 4 is 23.3 Å². The second-order valence-electron chi connectivity index (χ2n) is 6.10. The lowest BCUT2D eigenvalue weighted by Gasteiger charge is -2.08. The Hall–Kier alpha value is -3.78. The first-order valence-electron chi connectivity index (χ1n) is 8.40. The molecule has 2 heterocycles. The Balaban J connectivity index is 1.76. The lowest BCUT2D eigenvalue weighted by Crippen LogP contribution is -1.97. The summed E-state index contributed by atoms with van der Waals surface area (Å²) in [5, 5.41) is 26.0. The van der Waals surface area contributed by atoms with Crippen molar-refractivity contribution in [3.63, 3.8) is 0 Å². The standard InChI is InChI=1S/C20H15FN4O3/c21-15-3-1-2-13(10-15)17-14(11-26)8-9-25-18(17)23-20(24-25)22-16-6-4-12(5-7-16)19(27)28/h1-10,26H,11H2,(H,22,24)(H,27,28). The van der Waals surface area contributed by atoms with E-state index >= 15 is 0 Å². The molecule has 4 rings (SSSR count). The van der Waals surface area contributed by atoms with Crippen LogP contribution in [0.4, 0.5) is 16.0 Å². The molecule has 0 spiro atoms. The number of anilines is 2. The van der Waals surface area contributed by atoms with E-state index in [1.54, 1.807) is 36.5 Å². The van der Waals surface area contributed by atoms with Gasteiger partial charge in [-0.05, 0) is 53.6 Å². The van der Waals surface area contributed by atoms with Gasteiger partial charge in [-0.3, -0.25) is 0 Å². The van der Waals surface area contributed by atoms with Gasteiger partial charge in [0, 0.05) is 17.4 Å². The highest BCUT2D eigenvalue weighted by atomic mass is 19.1. The smallest absolute Gasteiger partial charge is 0.335 e. The number of carbonyl (C=O) groups is 1. The normalized spacial score (nSPS) is 10.9. The van der Waals surface area contributed by atoms with Gasteiger partial charge in [-0.1, -0.05) is 12.1 Å². The number of rotatable bonds is 5. The van der Waals surface area contributed by atoms with Crippen molar-refractivity contribution in [2.24, 2.45) is 0 Å². The Bertz CT molecular complexity index is 1170. The summed E-state index contributed by atoms with van der Waals surface area (Å²) in [6.07, 6.45) is 1.66. The number of aromatic nitrogens is 3. The second kappa shape index (κ2) is 7.09. The molecule has 0 aliphatic carbocycles. The maximum Gasteiger partial charge on any atom is 0.335 e. The SMILES string of the molecule is O=C(O)c1ccc(Nc2nc3c(-c4cccc(F)c4)c(CO)ccn3n2)cc1. The van der Waals surface area contributed by atoms with Gasteiger partial charge in [0.05, 0.1) is 12.2 Å². The maximum atomic E-state index is 13.7. The molecule has 2 aromatic carbocycles. The highest BCUT2D eigenvalue weighted by Gasteiger charge is 2.15. The minimum Gasteiger partial charge on any atom is -0.478 e. The summed E-state index contributed by atoms with van der Waals surface area (Å²) < 4.78 is 15.2. The molecule has 3 N–H and O–H groups in total. The first kappa shape index (κ1) is 17.6. The molecule has 0 aliphatic heterocycles. The van der Waals surface area contributed by atoms with E-state index in [4.69, 9.17) is 5.11 Å². The molecule has 0 aliphatic rings. The van der Waals surface area contributed by atoms with Gasteiger partial charge in [0.1, 0.15) is 5.82 Å². The quantitative estimate of drug-likeness (QED) is 0.492. The van der Waals surface area contributed by atoms with Gasteiger partial charge in [-0.2, -0.15) is 4.98 Å². The average Bonchev–Trinajstić information content (AvgIpc) is 3.09. The van der Waals surface area contributed by atoms with Crippen molar-refractivity contribution in [3.05, 3.63) is 77.7 Å². The van der Waals surface area contributed by atoms with E-state index in [0.717, 1.165) is 0 Å². The molecule has 2 aromatic heterocycles. The number of carboxylic acid groups (broad SMARTS) is 1. The summed E-state index contributed by atoms with van der Waals surface area (Å²) in [4.78, 5) is 15.4. The fourth-order valence-electron chi connectivity index (χ4n) is 2.95. The Morgan fingerprint density at radius 2 is 1.93 bits per heavy atom. The summed E-state index contributed by atoms with van der Waals surface area (Å²) >= 11 is 0. The molecule has 0 bridgehead atoms. The number of nitrogens with one attached hydrogen (secondary N) is 1. The Kier molecular flexibility index (Phi) is 4.46. The molecule has 140 valence electrons. The summed E-state index contributed by atoms with van der Waals surface area (Å²) in [7, 11) is 0. The van der Waals surface area contributed by atoms with Crippen molar-refractivity contribution in [1.82, 2.24) is 14.6 Å². The number of aromatic carboxylic acids is 1. The summed E-state index contributed by atoms with van der Waals surface area (Å²) in [5.74, 6) is -1.11. The van der Waals surface area contributed by atoms with E-state index in [0.29, 0.717) is 28.0 Å². The van der Waals surface area contributed by atoms with Gasteiger partial charge in [-0.25, -0.2) is 13.7 Å². The summed E-state index contributed by atoms with van der Waals surface area (Å²) in [5.41, 5.74) is 3.03. The van der Waals surface area contributed by atoms with Crippen molar-refractivity contribution in [2.75, 3.05) is 5.32 Å². The van der Waals surface area contributed by atoms with E-state index in [1.807, 2.05) is 0 Å². The monoisotopic (exact) mass is 378 g/mol. The number of nitrogens with zero attached hydrogens (tertiary/aromatic N) is 3. The number of fused-ring (bicyclic) bond motifs is 1. The minimum atomic E-state index is -1.01. The number of carboxylic acids is 1. The number of pyridine rings is 1. The lowest BCUT2D eigenvalue weighted by molar-refractivity contribution is 0.0697. The first-order chi connectivity index (χ1) is 13.5. The van der Waals surface area contributed by atoms with Gasteiger partial charge in [-0.15, -0.1) is 5.10 Å². The predicted molar refractivity (Wildman–Crippen MR) is 101 cm³/mol. The highest BCUT2D eigenvalue weighted by molar-refractivity contribution is 5.88. The van der Waals surface area contributed by atoms with Crippen LogP contribution in [-0.2, 0) is 6.61 Å². The summed E-state index contributed by atoms with van der Waals surface area (Å²) in [6.45, 7) is -0.228. The molecule has 0 saturated carbocycles. The van der Waals surface area contributed by atoms with Crippen LogP contribution in [0.1, 0.15) is 15.9 Å². The average molecular weight is 378 g/mol. The summed E-state index contributed by atoms with van der Waals surface area (Å²) in [6, 6.07) is 13.9. The molecule has 4 aromatic rings. The molecule has 0 saturated heterocycles. The van der Waals surface area contributed by atoms with E-state index in [9.17, 15) is 14.3 Å². The lowest BCUT2D eigenvalue weighted by atomic mass is 10.0. The molecule has 7 nitrogen and oxygen atoms in total. The third-order valence-corrected chi connectivity index (χ3v) is 4.26. The van der Waals surface area contributed by atoms with Crippen LogP contribution in [-0.4, -0.2) is 30.8 Å². The van der Waals surface area contributed by atoms with Crippen LogP contribution in [0.3, 0.4) is 0 Å². The van der Waals surface area contributed by atoms with E-state index in [2.05, 4.69) is 15.4 Å². The molecule has 0 unspecified atom stereocenters. The van der Waals surface area contributed by atoms with Crippen LogP contribution in [0, 0.1) is 5.82 Å². The number of halogens is 1. The highest BCUT2D eigenvalue weighted by Crippen LogP contribution is 2.29. The zero-order chi connectivity index (χ0) is 19.7.